The van der Waals surface area contributed by atoms with Gasteiger partial charge in [-0.2, -0.15) is 0 Å². The van der Waals surface area contributed by atoms with E-state index in [0.717, 1.165) is 0 Å². The smallest absolute Gasteiger partial charge is 0.324 e. The third kappa shape index (κ3) is 3.36. The molecule has 0 spiro atoms. The Morgan fingerprint density at radius 2 is 2.00 bits per heavy atom. The number of carbonyl (C=O) groups is 2. The quantitative estimate of drug-likeness (QED) is 0.698. The minimum absolute atomic E-state index is 0.0560. The number of hydrogen-bond acceptors (Lipinski definition) is 4. The number of hydrogen-bond donors (Lipinski definition) is 2. The maximum Gasteiger partial charge on any atom is 0.324 e. The molecule has 5 nitrogen and oxygen atoms in total. The Balaban J connectivity index is 2.45. The highest BCUT2D eigenvalue weighted by Gasteiger charge is 2.14. The Morgan fingerprint density at radius 1 is 1.38 bits per heavy atom. The molecule has 0 heterocycles. The van der Waals surface area contributed by atoms with Crippen molar-refractivity contribution in [3.63, 3.8) is 0 Å². The summed E-state index contributed by atoms with van der Waals surface area (Å²) in [4.78, 5) is 22.5. The third-order valence-corrected chi connectivity index (χ3v) is 2.02. The van der Waals surface area contributed by atoms with Gasteiger partial charge in [0.05, 0.1) is 7.11 Å². The number of nitrogens with one attached hydrogen (secondary N) is 1. The number of amides is 1. The summed E-state index contributed by atoms with van der Waals surface area (Å²) >= 11 is 0. The highest BCUT2D eigenvalue weighted by molar-refractivity contribution is 5.94. The van der Waals surface area contributed by atoms with E-state index in [1.54, 1.807) is 24.3 Å². The molecule has 1 atom stereocenters. The van der Waals surface area contributed by atoms with Crippen LogP contribution < -0.4 is 11.1 Å². The molecule has 0 aliphatic carbocycles. The number of benzene rings is 1. The summed E-state index contributed by atoms with van der Waals surface area (Å²) in [5.41, 5.74) is 5.99. The van der Waals surface area contributed by atoms with Crippen molar-refractivity contribution in [2.75, 3.05) is 13.7 Å². The number of methoxy groups -OCH3 is 1. The first kappa shape index (κ1) is 12.2. The molecule has 0 unspecified atom stereocenters. The maximum absolute atomic E-state index is 11.5. The summed E-state index contributed by atoms with van der Waals surface area (Å²) in [6.07, 6.45) is 0. The first-order valence-electron chi connectivity index (χ1n) is 4.82. The molecule has 1 aromatic rings. The third-order valence-electron chi connectivity index (χ3n) is 2.02. The first-order valence-corrected chi connectivity index (χ1v) is 4.82. The minimum atomic E-state index is -0.835. The molecule has 1 amide bonds. The number of ether oxygens (including phenoxy) is 1. The van der Waals surface area contributed by atoms with E-state index in [0.29, 0.717) is 5.56 Å². The summed E-state index contributed by atoms with van der Waals surface area (Å²) in [6, 6.07) is 7.86. The first-order chi connectivity index (χ1) is 7.65. The molecule has 0 radical (unpaired) electrons. The van der Waals surface area contributed by atoms with Gasteiger partial charge in [-0.25, -0.2) is 0 Å². The van der Waals surface area contributed by atoms with Gasteiger partial charge in [0.1, 0.15) is 6.04 Å². The van der Waals surface area contributed by atoms with Crippen molar-refractivity contribution in [2.45, 2.75) is 6.04 Å². The molecular formula is C11H14N2O3. The molecular weight excluding hydrogens is 208 g/mol. The monoisotopic (exact) mass is 222 g/mol. The van der Waals surface area contributed by atoms with Crippen LogP contribution in [0.2, 0.25) is 0 Å². The van der Waals surface area contributed by atoms with Crippen LogP contribution in [-0.4, -0.2) is 31.6 Å². The van der Waals surface area contributed by atoms with Crippen LogP contribution in [0.4, 0.5) is 0 Å². The van der Waals surface area contributed by atoms with Crippen molar-refractivity contribution in [3.8, 4) is 0 Å². The van der Waals surface area contributed by atoms with E-state index in [9.17, 15) is 9.59 Å². The average molecular weight is 222 g/mol. The van der Waals surface area contributed by atoms with Gasteiger partial charge in [-0.15, -0.1) is 0 Å². The van der Waals surface area contributed by atoms with E-state index in [1.807, 2.05) is 6.07 Å². The number of esters is 1. The van der Waals surface area contributed by atoms with Crippen molar-refractivity contribution < 1.29 is 14.3 Å². The largest absolute Gasteiger partial charge is 0.468 e. The van der Waals surface area contributed by atoms with Gasteiger partial charge in [0, 0.05) is 12.1 Å². The second-order valence-corrected chi connectivity index (χ2v) is 3.21. The van der Waals surface area contributed by atoms with Crippen LogP contribution in [0.1, 0.15) is 10.4 Å². The molecule has 0 saturated carbocycles. The van der Waals surface area contributed by atoms with Gasteiger partial charge in [-0.05, 0) is 12.1 Å². The summed E-state index contributed by atoms with van der Waals surface area (Å²) < 4.78 is 4.43. The molecule has 0 aliphatic rings. The van der Waals surface area contributed by atoms with Crippen molar-refractivity contribution in [3.05, 3.63) is 35.9 Å². The molecule has 86 valence electrons. The van der Waals surface area contributed by atoms with E-state index in [-0.39, 0.29) is 12.5 Å². The van der Waals surface area contributed by atoms with E-state index in [1.165, 1.54) is 7.11 Å². The standard InChI is InChI=1S/C11H14N2O3/c1-16-11(15)9(12)7-13-10(14)8-5-3-2-4-6-8/h2-6,9H,7,12H2,1H3,(H,13,14)/t9-/m0/s1. The van der Waals surface area contributed by atoms with Crippen LogP contribution >= 0.6 is 0 Å². The van der Waals surface area contributed by atoms with Gasteiger partial charge in [0.2, 0.25) is 0 Å². The lowest BCUT2D eigenvalue weighted by molar-refractivity contribution is -0.141. The lowest BCUT2D eigenvalue weighted by Gasteiger charge is -2.10. The van der Waals surface area contributed by atoms with Gasteiger partial charge in [0.25, 0.3) is 5.91 Å². The minimum Gasteiger partial charge on any atom is -0.468 e. The predicted octanol–water partition coefficient (Wildman–Crippen LogP) is -0.0833. The highest BCUT2D eigenvalue weighted by atomic mass is 16.5. The molecule has 0 saturated heterocycles. The molecule has 5 heteroatoms. The normalized spacial score (nSPS) is 11.6. The van der Waals surface area contributed by atoms with Crippen LogP contribution in [0.25, 0.3) is 0 Å². The Hall–Kier alpha value is -1.88. The van der Waals surface area contributed by atoms with Crippen molar-refractivity contribution in [1.82, 2.24) is 5.32 Å². The van der Waals surface area contributed by atoms with Gasteiger partial charge in [-0.1, -0.05) is 18.2 Å². The summed E-state index contributed by atoms with van der Waals surface area (Å²) in [7, 11) is 1.25. The van der Waals surface area contributed by atoms with E-state index in [4.69, 9.17) is 5.73 Å². The van der Waals surface area contributed by atoms with Crippen molar-refractivity contribution in [2.24, 2.45) is 5.73 Å². The Morgan fingerprint density at radius 3 is 2.56 bits per heavy atom. The van der Waals surface area contributed by atoms with Crippen LogP contribution in [0.3, 0.4) is 0 Å². The second-order valence-electron chi connectivity index (χ2n) is 3.21. The average Bonchev–Trinajstić information content (AvgIpc) is 2.35. The zero-order valence-electron chi connectivity index (χ0n) is 8.97. The lowest BCUT2D eigenvalue weighted by Crippen LogP contribution is -2.43. The Kier molecular flexibility index (Phi) is 4.47. The summed E-state index contributed by atoms with van der Waals surface area (Å²) in [5.74, 6) is -0.812. The van der Waals surface area contributed by atoms with E-state index in [2.05, 4.69) is 10.1 Å². The number of nitrogens with two attached hydrogens (primary N) is 1. The fourth-order valence-corrected chi connectivity index (χ4v) is 1.13. The molecule has 16 heavy (non-hydrogen) atoms. The molecule has 3 N–H and O–H groups in total. The Labute approximate surface area is 93.6 Å². The molecule has 0 bridgehead atoms. The maximum atomic E-state index is 11.5. The van der Waals surface area contributed by atoms with Crippen LogP contribution in [0.5, 0.6) is 0 Å². The SMILES string of the molecule is COC(=O)[C@@H](N)CNC(=O)c1ccccc1. The number of carbonyl (C=O) groups excluding carboxylic acids is 2. The van der Waals surface area contributed by atoms with Crippen LogP contribution in [-0.2, 0) is 9.53 Å². The molecule has 0 aliphatic heterocycles. The zero-order valence-corrected chi connectivity index (χ0v) is 8.97. The van der Waals surface area contributed by atoms with Gasteiger partial charge < -0.3 is 15.8 Å². The molecule has 0 fully saturated rings. The molecule has 0 aromatic heterocycles. The van der Waals surface area contributed by atoms with Crippen LogP contribution in [0.15, 0.2) is 30.3 Å². The molecule has 1 aromatic carbocycles. The van der Waals surface area contributed by atoms with E-state index < -0.39 is 12.0 Å². The van der Waals surface area contributed by atoms with Gasteiger partial charge >= 0.3 is 5.97 Å². The second kappa shape index (κ2) is 5.87. The summed E-state index contributed by atoms with van der Waals surface area (Å²) in [6.45, 7) is 0.0560. The zero-order chi connectivity index (χ0) is 12.0. The lowest BCUT2D eigenvalue weighted by atomic mass is 10.2. The topological polar surface area (TPSA) is 81.4 Å². The van der Waals surface area contributed by atoms with Gasteiger partial charge in [-0.3, -0.25) is 9.59 Å². The molecule has 1 rings (SSSR count). The van der Waals surface area contributed by atoms with Crippen molar-refractivity contribution in [1.29, 1.82) is 0 Å². The summed E-state index contributed by atoms with van der Waals surface area (Å²) in [5, 5.41) is 2.55. The van der Waals surface area contributed by atoms with Crippen molar-refractivity contribution >= 4 is 11.9 Å². The fourth-order valence-electron chi connectivity index (χ4n) is 1.13. The highest BCUT2D eigenvalue weighted by Crippen LogP contribution is 1.97. The van der Waals surface area contributed by atoms with E-state index >= 15 is 0 Å². The fraction of sp³-hybridized carbons (Fsp3) is 0.273. The Bertz CT molecular complexity index is 365. The number of rotatable bonds is 4. The van der Waals surface area contributed by atoms with Crippen LogP contribution in [0, 0.1) is 0 Å². The predicted molar refractivity (Wildman–Crippen MR) is 58.8 cm³/mol. The van der Waals surface area contributed by atoms with Gasteiger partial charge in [0.15, 0.2) is 0 Å².